The fourth-order valence-electron chi connectivity index (χ4n) is 2.11. The largest absolute Gasteiger partial charge is 0.326 e. The number of halogens is 2. The summed E-state index contributed by atoms with van der Waals surface area (Å²) in [6, 6.07) is 7.52. The summed E-state index contributed by atoms with van der Waals surface area (Å²) in [6.07, 6.45) is 2.63. The molecule has 1 aromatic carbocycles. The minimum atomic E-state index is -0.107. The predicted molar refractivity (Wildman–Crippen MR) is 79.8 cm³/mol. The molecule has 1 aromatic heterocycles. The van der Waals surface area contributed by atoms with Gasteiger partial charge in [-0.15, -0.1) is 0 Å². The van der Waals surface area contributed by atoms with Crippen LogP contribution in [-0.4, -0.2) is 15.8 Å². The molecule has 5 heteroatoms. The van der Waals surface area contributed by atoms with Crippen molar-refractivity contribution < 1.29 is 0 Å². The van der Waals surface area contributed by atoms with E-state index in [1.165, 1.54) is 0 Å². The van der Waals surface area contributed by atoms with E-state index >= 15 is 0 Å². The molecular formula is C14H17Cl2N3. The van der Waals surface area contributed by atoms with Crippen molar-refractivity contribution in [2.75, 3.05) is 0 Å². The van der Waals surface area contributed by atoms with Crippen molar-refractivity contribution >= 4 is 23.2 Å². The first kappa shape index (κ1) is 14.4. The quantitative estimate of drug-likeness (QED) is 0.932. The molecule has 0 aliphatic heterocycles. The summed E-state index contributed by atoms with van der Waals surface area (Å²) < 4.78 is 1.81. The topological polar surface area (TPSA) is 43.8 Å². The maximum Gasteiger partial charge on any atom is 0.0934 e. The van der Waals surface area contributed by atoms with Crippen LogP contribution >= 0.6 is 23.2 Å². The molecular weight excluding hydrogens is 281 g/mol. The Morgan fingerprint density at radius 3 is 2.47 bits per heavy atom. The second-order valence-electron chi connectivity index (χ2n) is 4.58. The van der Waals surface area contributed by atoms with Crippen molar-refractivity contribution in [1.29, 1.82) is 0 Å². The molecule has 0 saturated carbocycles. The van der Waals surface area contributed by atoms with Gasteiger partial charge in [-0.2, -0.15) is 5.10 Å². The van der Waals surface area contributed by atoms with Gasteiger partial charge in [-0.05, 0) is 25.0 Å². The van der Waals surface area contributed by atoms with Crippen molar-refractivity contribution in [3.05, 3.63) is 51.8 Å². The van der Waals surface area contributed by atoms with E-state index in [1.807, 2.05) is 42.8 Å². The van der Waals surface area contributed by atoms with Gasteiger partial charge in [0, 0.05) is 17.3 Å². The van der Waals surface area contributed by atoms with Gasteiger partial charge in [0.1, 0.15) is 0 Å². The summed E-state index contributed by atoms with van der Waals surface area (Å²) in [5, 5.41) is 5.78. The van der Waals surface area contributed by atoms with Crippen LogP contribution in [0.15, 0.2) is 30.5 Å². The van der Waals surface area contributed by atoms with Gasteiger partial charge in [-0.3, -0.25) is 4.68 Å². The number of rotatable bonds is 4. The van der Waals surface area contributed by atoms with E-state index in [9.17, 15) is 0 Å². The lowest BCUT2D eigenvalue weighted by Crippen LogP contribution is -2.33. The van der Waals surface area contributed by atoms with Crippen molar-refractivity contribution in [3.63, 3.8) is 0 Å². The number of nitrogens with two attached hydrogens (primary N) is 1. The van der Waals surface area contributed by atoms with Gasteiger partial charge in [0.05, 0.1) is 16.8 Å². The van der Waals surface area contributed by atoms with Crippen LogP contribution in [0.1, 0.15) is 30.6 Å². The molecule has 0 amide bonds. The average Bonchev–Trinajstić information content (AvgIpc) is 2.71. The van der Waals surface area contributed by atoms with E-state index in [0.717, 1.165) is 17.7 Å². The van der Waals surface area contributed by atoms with Crippen LogP contribution in [-0.2, 0) is 0 Å². The highest BCUT2D eigenvalue weighted by Gasteiger charge is 2.24. The first-order valence-electron chi connectivity index (χ1n) is 6.25. The summed E-state index contributed by atoms with van der Waals surface area (Å²) in [5.74, 6) is 0. The minimum Gasteiger partial charge on any atom is -0.326 e. The van der Waals surface area contributed by atoms with Crippen LogP contribution in [0.2, 0.25) is 10.0 Å². The minimum absolute atomic E-state index is 0.0738. The first-order valence-corrected chi connectivity index (χ1v) is 7.01. The lowest BCUT2D eigenvalue weighted by Gasteiger charge is -2.24. The summed E-state index contributed by atoms with van der Waals surface area (Å²) in [5.41, 5.74) is 8.01. The molecule has 19 heavy (non-hydrogen) atoms. The third kappa shape index (κ3) is 2.94. The lowest BCUT2D eigenvalue weighted by atomic mass is 9.98. The molecule has 2 aromatic rings. The van der Waals surface area contributed by atoms with Gasteiger partial charge < -0.3 is 5.73 Å². The molecule has 0 saturated heterocycles. The number of aromatic nitrogens is 2. The van der Waals surface area contributed by atoms with Crippen LogP contribution in [0, 0.1) is 6.92 Å². The Balaban J connectivity index is 2.51. The first-order chi connectivity index (χ1) is 9.04. The van der Waals surface area contributed by atoms with Gasteiger partial charge >= 0.3 is 0 Å². The van der Waals surface area contributed by atoms with Crippen LogP contribution < -0.4 is 5.73 Å². The maximum absolute atomic E-state index is 6.29. The molecule has 0 bridgehead atoms. The van der Waals surface area contributed by atoms with Crippen molar-refractivity contribution in [1.82, 2.24) is 9.78 Å². The fraction of sp³-hybridized carbons (Fsp3) is 0.357. The summed E-state index contributed by atoms with van der Waals surface area (Å²) in [4.78, 5) is 0. The van der Waals surface area contributed by atoms with Gasteiger partial charge in [0.2, 0.25) is 0 Å². The molecule has 0 aliphatic rings. The third-order valence-electron chi connectivity index (χ3n) is 3.24. The standard InChI is InChI=1S/C14H17Cl2N3/c1-3-13(17)14(10-6-4-5-7-11(10)15)19-8-12(16)9(2)18-19/h4-8,13-14H,3,17H2,1-2H3. The normalized spacial score (nSPS) is 14.4. The predicted octanol–water partition coefficient (Wildman–Crippen LogP) is 3.83. The van der Waals surface area contributed by atoms with E-state index in [4.69, 9.17) is 28.9 Å². The summed E-state index contributed by atoms with van der Waals surface area (Å²) in [7, 11) is 0. The Morgan fingerprint density at radius 2 is 1.95 bits per heavy atom. The van der Waals surface area contributed by atoms with E-state index in [1.54, 1.807) is 6.20 Å². The molecule has 2 unspecified atom stereocenters. The highest BCUT2D eigenvalue weighted by molar-refractivity contribution is 6.31. The van der Waals surface area contributed by atoms with Crippen LogP contribution in [0.5, 0.6) is 0 Å². The molecule has 0 aliphatic carbocycles. The number of nitrogens with zero attached hydrogens (tertiary/aromatic N) is 2. The summed E-state index contributed by atoms with van der Waals surface area (Å²) in [6.45, 7) is 3.92. The molecule has 0 radical (unpaired) electrons. The zero-order valence-corrected chi connectivity index (χ0v) is 12.5. The zero-order valence-electron chi connectivity index (χ0n) is 11.0. The van der Waals surface area contributed by atoms with Crippen molar-refractivity contribution in [2.24, 2.45) is 5.73 Å². The van der Waals surface area contributed by atoms with Crippen molar-refractivity contribution in [3.8, 4) is 0 Å². The van der Waals surface area contributed by atoms with E-state index < -0.39 is 0 Å². The van der Waals surface area contributed by atoms with Crippen LogP contribution in [0.25, 0.3) is 0 Å². The van der Waals surface area contributed by atoms with E-state index in [0.29, 0.717) is 10.0 Å². The Labute approximate surface area is 123 Å². The molecule has 3 nitrogen and oxygen atoms in total. The van der Waals surface area contributed by atoms with Gasteiger partial charge in [0.25, 0.3) is 0 Å². The SMILES string of the molecule is CCC(N)C(c1ccccc1Cl)n1cc(Cl)c(C)n1. The molecule has 2 rings (SSSR count). The van der Waals surface area contributed by atoms with Crippen LogP contribution in [0.3, 0.4) is 0 Å². The zero-order chi connectivity index (χ0) is 14.0. The lowest BCUT2D eigenvalue weighted by molar-refractivity contribution is 0.422. The maximum atomic E-state index is 6.29. The highest BCUT2D eigenvalue weighted by atomic mass is 35.5. The molecule has 1 heterocycles. The Kier molecular flexibility index (Phi) is 4.50. The highest BCUT2D eigenvalue weighted by Crippen LogP contribution is 2.30. The number of hydrogen-bond acceptors (Lipinski definition) is 2. The molecule has 0 spiro atoms. The third-order valence-corrected chi connectivity index (χ3v) is 3.96. The average molecular weight is 298 g/mol. The van der Waals surface area contributed by atoms with Gasteiger partial charge in [0.15, 0.2) is 0 Å². The van der Waals surface area contributed by atoms with Gasteiger partial charge in [-0.1, -0.05) is 48.3 Å². The van der Waals surface area contributed by atoms with E-state index in [2.05, 4.69) is 5.10 Å². The second-order valence-corrected chi connectivity index (χ2v) is 5.40. The summed E-state index contributed by atoms with van der Waals surface area (Å²) >= 11 is 12.4. The fourth-order valence-corrected chi connectivity index (χ4v) is 2.49. The number of aryl methyl sites for hydroxylation is 1. The molecule has 2 atom stereocenters. The number of benzene rings is 1. The van der Waals surface area contributed by atoms with E-state index in [-0.39, 0.29) is 12.1 Å². The molecule has 102 valence electrons. The Hall–Kier alpha value is -1.03. The Bertz CT molecular complexity index is 546. The molecule has 0 fully saturated rings. The van der Waals surface area contributed by atoms with Gasteiger partial charge in [-0.25, -0.2) is 0 Å². The van der Waals surface area contributed by atoms with Crippen molar-refractivity contribution in [2.45, 2.75) is 32.4 Å². The Morgan fingerprint density at radius 1 is 1.26 bits per heavy atom. The smallest absolute Gasteiger partial charge is 0.0934 e. The number of hydrogen-bond donors (Lipinski definition) is 1. The molecule has 2 N–H and O–H groups in total. The monoisotopic (exact) mass is 297 g/mol. The second kappa shape index (κ2) is 5.95. The van der Waals surface area contributed by atoms with Crippen LogP contribution in [0.4, 0.5) is 0 Å².